The highest BCUT2D eigenvalue weighted by molar-refractivity contribution is 6.13. The molecule has 1 aliphatic heterocycles. The number of nitrogens with zero attached hydrogens (tertiary/aromatic N) is 1. The number of carbonyl (C=O) groups is 2. The number of aryl methyl sites for hydroxylation is 1. The van der Waals surface area contributed by atoms with Gasteiger partial charge in [0.1, 0.15) is 5.41 Å². The van der Waals surface area contributed by atoms with Gasteiger partial charge in [0, 0.05) is 18.3 Å². The largest absolute Gasteiger partial charge is 0.339 e. The highest BCUT2D eigenvalue weighted by atomic mass is 16.2. The maximum absolute atomic E-state index is 13.1. The molecule has 1 aromatic carbocycles. The van der Waals surface area contributed by atoms with Crippen LogP contribution in [0, 0.1) is 19.3 Å². The second-order valence-electron chi connectivity index (χ2n) is 7.34. The summed E-state index contributed by atoms with van der Waals surface area (Å²) in [5, 5.41) is 3.02. The predicted octanol–water partition coefficient (Wildman–Crippen LogP) is 3.81. The molecule has 0 radical (unpaired) electrons. The third kappa shape index (κ3) is 2.94. The molecule has 2 aliphatic rings. The van der Waals surface area contributed by atoms with E-state index in [0.29, 0.717) is 18.9 Å². The van der Waals surface area contributed by atoms with E-state index in [4.69, 9.17) is 0 Å². The number of amides is 2. The minimum absolute atomic E-state index is 0.0526. The summed E-state index contributed by atoms with van der Waals surface area (Å²) >= 11 is 0. The topological polar surface area (TPSA) is 49.4 Å². The molecule has 1 unspecified atom stereocenters. The van der Waals surface area contributed by atoms with Crippen LogP contribution in [0.25, 0.3) is 0 Å². The Morgan fingerprint density at radius 1 is 1.25 bits per heavy atom. The second kappa shape index (κ2) is 6.58. The van der Waals surface area contributed by atoms with E-state index in [2.05, 4.69) is 12.2 Å². The summed E-state index contributed by atoms with van der Waals surface area (Å²) in [7, 11) is 0. The van der Waals surface area contributed by atoms with E-state index in [-0.39, 0.29) is 11.8 Å². The van der Waals surface area contributed by atoms with E-state index in [1.165, 1.54) is 6.42 Å². The monoisotopic (exact) mass is 328 g/mol. The van der Waals surface area contributed by atoms with Gasteiger partial charge in [0.05, 0.1) is 0 Å². The molecule has 4 nitrogen and oxygen atoms in total. The second-order valence-corrected chi connectivity index (χ2v) is 7.34. The quantitative estimate of drug-likeness (QED) is 0.854. The summed E-state index contributed by atoms with van der Waals surface area (Å²) in [4.78, 5) is 28.0. The average molecular weight is 328 g/mol. The number of carbonyl (C=O) groups excluding carboxylic acids is 2. The van der Waals surface area contributed by atoms with Gasteiger partial charge in [-0.3, -0.25) is 9.59 Å². The fraction of sp³-hybridized carbons (Fsp3) is 0.600. The van der Waals surface area contributed by atoms with Gasteiger partial charge in [0.25, 0.3) is 0 Å². The maximum Gasteiger partial charge on any atom is 0.240 e. The number of nitrogens with one attached hydrogen (secondary N) is 1. The van der Waals surface area contributed by atoms with Gasteiger partial charge in [-0.05, 0) is 69.6 Å². The van der Waals surface area contributed by atoms with Crippen LogP contribution >= 0.6 is 0 Å². The third-order valence-corrected chi connectivity index (χ3v) is 5.81. The van der Waals surface area contributed by atoms with Crippen LogP contribution in [0.4, 0.5) is 5.69 Å². The Morgan fingerprint density at radius 3 is 2.67 bits per heavy atom. The molecule has 0 spiro atoms. The van der Waals surface area contributed by atoms with Crippen molar-refractivity contribution >= 4 is 17.5 Å². The molecule has 0 bridgehead atoms. The van der Waals surface area contributed by atoms with E-state index in [1.807, 2.05) is 36.9 Å². The standard InChI is InChI=1S/C20H28N2O2/c1-4-16-9-5-6-13-22(16)19(24)20(11-12-20)18(23)21-17-10-7-8-14(2)15(17)3/h7-8,10,16H,4-6,9,11-13H2,1-3H3,(H,21,23). The number of rotatable bonds is 4. The average Bonchev–Trinajstić information content (AvgIpc) is 3.40. The van der Waals surface area contributed by atoms with Crippen molar-refractivity contribution in [2.75, 3.05) is 11.9 Å². The molecule has 2 fully saturated rings. The van der Waals surface area contributed by atoms with E-state index in [9.17, 15) is 9.59 Å². The smallest absolute Gasteiger partial charge is 0.240 e. The molecule has 0 aromatic heterocycles. The zero-order valence-electron chi connectivity index (χ0n) is 15.0. The van der Waals surface area contributed by atoms with Crippen molar-refractivity contribution in [2.45, 2.75) is 65.3 Å². The lowest BCUT2D eigenvalue weighted by molar-refractivity contribution is -0.145. The lowest BCUT2D eigenvalue weighted by atomic mass is 9.95. The van der Waals surface area contributed by atoms with Gasteiger partial charge in [-0.25, -0.2) is 0 Å². The zero-order chi connectivity index (χ0) is 17.3. The number of hydrogen-bond donors (Lipinski definition) is 1. The molecule has 1 saturated heterocycles. The predicted molar refractivity (Wildman–Crippen MR) is 95.9 cm³/mol. The molecule has 1 aliphatic carbocycles. The molecular weight excluding hydrogens is 300 g/mol. The number of hydrogen-bond acceptors (Lipinski definition) is 2. The van der Waals surface area contributed by atoms with E-state index in [0.717, 1.165) is 42.6 Å². The number of anilines is 1. The molecule has 1 aromatic rings. The summed E-state index contributed by atoms with van der Waals surface area (Å²) in [5.74, 6) is -0.0708. The minimum Gasteiger partial charge on any atom is -0.339 e. The Hall–Kier alpha value is -1.84. The van der Waals surface area contributed by atoms with Gasteiger partial charge in [0.2, 0.25) is 11.8 Å². The van der Waals surface area contributed by atoms with Gasteiger partial charge in [-0.2, -0.15) is 0 Å². The van der Waals surface area contributed by atoms with Gasteiger partial charge in [-0.1, -0.05) is 19.1 Å². The number of piperidine rings is 1. The summed E-state index contributed by atoms with van der Waals surface area (Å²) in [6.07, 6.45) is 5.63. The van der Waals surface area contributed by atoms with Crippen LogP contribution in [0.3, 0.4) is 0 Å². The van der Waals surface area contributed by atoms with Crippen molar-refractivity contribution in [3.8, 4) is 0 Å². The Kier molecular flexibility index (Phi) is 4.66. The molecule has 130 valence electrons. The lowest BCUT2D eigenvalue weighted by Crippen LogP contribution is -2.49. The van der Waals surface area contributed by atoms with Crippen LogP contribution in [0.2, 0.25) is 0 Å². The normalized spacial score (nSPS) is 22.1. The Labute approximate surface area is 144 Å². The Bertz CT molecular complexity index is 649. The van der Waals surface area contributed by atoms with Gasteiger partial charge < -0.3 is 10.2 Å². The van der Waals surface area contributed by atoms with Crippen molar-refractivity contribution in [3.05, 3.63) is 29.3 Å². The maximum atomic E-state index is 13.1. The molecule has 1 heterocycles. The third-order valence-electron chi connectivity index (χ3n) is 5.81. The van der Waals surface area contributed by atoms with Crippen molar-refractivity contribution in [1.29, 1.82) is 0 Å². The van der Waals surface area contributed by atoms with Gasteiger partial charge in [-0.15, -0.1) is 0 Å². The summed E-state index contributed by atoms with van der Waals surface area (Å²) in [6.45, 7) is 6.97. The number of likely N-dealkylation sites (tertiary alicyclic amines) is 1. The number of benzene rings is 1. The first-order valence-corrected chi connectivity index (χ1v) is 9.18. The van der Waals surface area contributed by atoms with Gasteiger partial charge >= 0.3 is 0 Å². The molecule has 4 heteroatoms. The molecule has 24 heavy (non-hydrogen) atoms. The Balaban J connectivity index is 1.76. The molecule has 3 rings (SSSR count). The first-order chi connectivity index (χ1) is 11.5. The highest BCUT2D eigenvalue weighted by Crippen LogP contribution is 2.49. The first-order valence-electron chi connectivity index (χ1n) is 9.18. The van der Waals surface area contributed by atoms with E-state index in [1.54, 1.807) is 0 Å². The summed E-state index contributed by atoms with van der Waals surface area (Å²) < 4.78 is 0. The Morgan fingerprint density at radius 2 is 2.00 bits per heavy atom. The summed E-state index contributed by atoms with van der Waals surface area (Å²) in [6, 6.07) is 6.19. The van der Waals surface area contributed by atoms with Crippen molar-refractivity contribution < 1.29 is 9.59 Å². The molecule has 1 saturated carbocycles. The molecule has 1 N–H and O–H groups in total. The van der Waals surface area contributed by atoms with Gasteiger partial charge in [0.15, 0.2) is 0 Å². The minimum atomic E-state index is -0.819. The first kappa shape index (κ1) is 17.0. The fourth-order valence-corrected chi connectivity index (χ4v) is 3.76. The van der Waals surface area contributed by atoms with Crippen LogP contribution in [-0.4, -0.2) is 29.3 Å². The zero-order valence-corrected chi connectivity index (χ0v) is 15.0. The molecular formula is C20H28N2O2. The van der Waals surface area contributed by atoms with Crippen LogP contribution in [0.5, 0.6) is 0 Å². The molecule has 1 atom stereocenters. The highest BCUT2D eigenvalue weighted by Gasteiger charge is 2.58. The van der Waals surface area contributed by atoms with Crippen molar-refractivity contribution in [3.63, 3.8) is 0 Å². The fourth-order valence-electron chi connectivity index (χ4n) is 3.76. The van der Waals surface area contributed by atoms with Crippen LogP contribution in [0.15, 0.2) is 18.2 Å². The van der Waals surface area contributed by atoms with Crippen molar-refractivity contribution in [2.24, 2.45) is 5.41 Å². The van der Waals surface area contributed by atoms with Crippen LogP contribution in [-0.2, 0) is 9.59 Å². The SMILES string of the molecule is CCC1CCCCN1C(=O)C1(C(=O)Nc2cccc(C)c2C)CC1. The summed E-state index contributed by atoms with van der Waals surface area (Å²) in [5.41, 5.74) is 2.22. The van der Waals surface area contributed by atoms with E-state index >= 15 is 0 Å². The van der Waals surface area contributed by atoms with Crippen molar-refractivity contribution in [1.82, 2.24) is 4.90 Å². The van der Waals surface area contributed by atoms with E-state index < -0.39 is 5.41 Å². The van der Waals surface area contributed by atoms with Crippen LogP contribution in [0.1, 0.15) is 56.6 Å². The molecule has 2 amide bonds. The lowest BCUT2D eigenvalue weighted by Gasteiger charge is -2.37. The van der Waals surface area contributed by atoms with Crippen LogP contribution < -0.4 is 5.32 Å².